The van der Waals surface area contributed by atoms with E-state index in [4.69, 9.17) is 0 Å². The molecule has 4 aliphatic carbocycles. The molecule has 0 amide bonds. The summed E-state index contributed by atoms with van der Waals surface area (Å²) in [5.41, 5.74) is 2.50. The molecule has 4 fully saturated rings. The molecule has 0 heterocycles. The number of hydrogen-bond donors (Lipinski definition) is 1. The number of aliphatic hydroxyl groups is 1. The largest absolute Gasteiger partial charge is 0.392 e. The van der Waals surface area contributed by atoms with E-state index in [1.807, 2.05) is 0 Å². The first-order valence-electron chi connectivity index (χ1n) is 9.17. The van der Waals surface area contributed by atoms with Crippen molar-refractivity contribution >= 4 is 0 Å². The number of hydrogen-bond acceptors (Lipinski definition) is 1. The molecule has 1 nitrogen and oxygen atoms in total. The Morgan fingerprint density at radius 3 is 2.52 bits per heavy atom. The summed E-state index contributed by atoms with van der Waals surface area (Å²) in [6, 6.07) is 0. The van der Waals surface area contributed by atoms with Crippen molar-refractivity contribution in [1.29, 1.82) is 0 Å². The predicted octanol–water partition coefficient (Wildman–Crippen LogP) is 4.95. The molecule has 0 aromatic rings. The van der Waals surface area contributed by atoms with Gasteiger partial charge in [-0.25, -0.2) is 0 Å². The summed E-state index contributed by atoms with van der Waals surface area (Å²) in [5, 5.41) is 11.0. The summed E-state index contributed by atoms with van der Waals surface area (Å²) >= 11 is 0. The van der Waals surface area contributed by atoms with Gasteiger partial charge < -0.3 is 5.11 Å². The molecule has 6 unspecified atom stereocenters. The number of aliphatic hydroxyl groups excluding tert-OH is 1. The van der Waals surface area contributed by atoms with Crippen LogP contribution < -0.4 is 0 Å². The van der Waals surface area contributed by atoms with Gasteiger partial charge in [0, 0.05) is 11.3 Å². The van der Waals surface area contributed by atoms with Gasteiger partial charge in [-0.1, -0.05) is 39.3 Å². The minimum atomic E-state index is -0.0911. The smallest absolute Gasteiger partial charge is 0.0667 e. The van der Waals surface area contributed by atoms with Crippen molar-refractivity contribution in [1.82, 2.24) is 0 Å². The van der Waals surface area contributed by atoms with Crippen LogP contribution in [0.5, 0.6) is 0 Å². The third kappa shape index (κ3) is 1.62. The van der Waals surface area contributed by atoms with Gasteiger partial charge in [-0.15, -0.1) is 0 Å². The third-order valence-corrected chi connectivity index (χ3v) is 8.48. The second-order valence-electron chi connectivity index (χ2n) is 9.69. The van der Waals surface area contributed by atoms with Crippen molar-refractivity contribution in [2.75, 3.05) is 0 Å². The lowest BCUT2D eigenvalue weighted by molar-refractivity contribution is -0.182. The van der Waals surface area contributed by atoms with Gasteiger partial charge in [0.2, 0.25) is 0 Å². The maximum atomic E-state index is 11.0. The first-order valence-corrected chi connectivity index (χ1v) is 9.17. The van der Waals surface area contributed by atoms with Gasteiger partial charge >= 0.3 is 0 Å². The zero-order valence-electron chi connectivity index (χ0n) is 14.1. The van der Waals surface area contributed by atoms with Gasteiger partial charge in [-0.05, 0) is 67.6 Å². The molecule has 1 heteroatoms. The molecule has 6 atom stereocenters. The quantitative estimate of drug-likeness (QED) is 0.626. The van der Waals surface area contributed by atoms with Crippen molar-refractivity contribution in [2.24, 2.45) is 34.0 Å². The minimum absolute atomic E-state index is 0.0911. The Bertz CT molecular complexity index is 478. The van der Waals surface area contributed by atoms with E-state index in [1.165, 1.54) is 50.5 Å². The van der Waals surface area contributed by atoms with Gasteiger partial charge in [0.15, 0.2) is 0 Å². The molecule has 0 aliphatic heterocycles. The van der Waals surface area contributed by atoms with E-state index < -0.39 is 0 Å². The van der Waals surface area contributed by atoms with E-state index in [2.05, 4.69) is 27.4 Å². The highest BCUT2D eigenvalue weighted by molar-refractivity contribution is 5.25. The maximum absolute atomic E-state index is 11.0. The highest BCUT2D eigenvalue weighted by atomic mass is 16.3. The lowest BCUT2D eigenvalue weighted by Gasteiger charge is -2.64. The van der Waals surface area contributed by atoms with Crippen molar-refractivity contribution < 1.29 is 5.11 Å². The molecular weight excluding hydrogens is 256 g/mol. The van der Waals surface area contributed by atoms with Crippen molar-refractivity contribution in [3.63, 3.8) is 0 Å². The standard InChI is InChI=1S/C20H32O/c1-13-12-20-11-8-15-18(2,3)9-5-10-19(15,4)16(20)7-6-14(13)17(20)21/h14-17,21H,1,5-12H2,2-4H3. The Morgan fingerprint density at radius 1 is 1.00 bits per heavy atom. The van der Waals surface area contributed by atoms with Crippen LogP contribution >= 0.6 is 0 Å². The Kier molecular flexibility index (Phi) is 2.83. The Labute approximate surface area is 130 Å². The molecule has 0 aromatic heterocycles. The Balaban J connectivity index is 1.77. The molecule has 4 saturated carbocycles. The summed E-state index contributed by atoms with van der Waals surface area (Å²) in [6.45, 7) is 11.9. The van der Waals surface area contributed by atoms with Crippen LogP contribution in [0.25, 0.3) is 0 Å². The summed E-state index contributed by atoms with van der Waals surface area (Å²) in [4.78, 5) is 0. The van der Waals surface area contributed by atoms with E-state index in [0.29, 0.717) is 16.7 Å². The van der Waals surface area contributed by atoms with Crippen LogP contribution in [-0.4, -0.2) is 11.2 Å². The zero-order chi connectivity index (χ0) is 15.0. The second kappa shape index (κ2) is 4.16. The highest BCUT2D eigenvalue weighted by Crippen LogP contribution is 2.71. The predicted molar refractivity (Wildman–Crippen MR) is 86.9 cm³/mol. The fraction of sp³-hybridized carbons (Fsp3) is 0.900. The molecule has 1 spiro atoms. The third-order valence-electron chi connectivity index (χ3n) is 8.48. The summed E-state index contributed by atoms with van der Waals surface area (Å²) in [7, 11) is 0. The molecule has 1 N–H and O–H groups in total. The fourth-order valence-corrected chi connectivity index (χ4v) is 7.72. The van der Waals surface area contributed by atoms with E-state index in [-0.39, 0.29) is 11.5 Å². The van der Waals surface area contributed by atoms with Gasteiger partial charge in [0.1, 0.15) is 0 Å². The molecule has 0 aromatic carbocycles. The molecule has 4 aliphatic rings. The first-order chi connectivity index (χ1) is 9.81. The number of rotatable bonds is 0. The Morgan fingerprint density at radius 2 is 1.76 bits per heavy atom. The summed E-state index contributed by atoms with van der Waals surface area (Å²) in [6.07, 6.45) is 10.3. The van der Waals surface area contributed by atoms with E-state index in [9.17, 15) is 5.11 Å². The van der Waals surface area contributed by atoms with Gasteiger partial charge in [-0.3, -0.25) is 0 Å². The van der Waals surface area contributed by atoms with E-state index >= 15 is 0 Å². The Hall–Kier alpha value is -0.300. The van der Waals surface area contributed by atoms with Crippen molar-refractivity contribution in [2.45, 2.75) is 78.2 Å². The normalized spacial score (nSPS) is 55.0. The lowest BCUT2D eigenvalue weighted by atomic mass is 9.41. The average molecular weight is 288 g/mol. The van der Waals surface area contributed by atoms with Crippen LogP contribution in [0, 0.1) is 34.0 Å². The second-order valence-corrected chi connectivity index (χ2v) is 9.69. The lowest BCUT2D eigenvalue weighted by Crippen LogP contribution is -2.59. The topological polar surface area (TPSA) is 20.2 Å². The SMILES string of the molecule is C=C1CC23CCC4C(C)(C)CCCC4(C)C2CCC1C3O. The highest BCUT2D eigenvalue weighted by Gasteiger charge is 2.66. The van der Waals surface area contributed by atoms with Crippen LogP contribution in [-0.2, 0) is 0 Å². The van der Waals surface area contributed by atoms with Crippen LogP contribution in [0.4, 0.5) is 0 Å². The molecule has 118 valence electrons. The molecule has 21 heavy (non-hydrogen) atoms. The molecule has 0 radical (unpaired) electrons. The first kappa shape index (κ1) is 14.3. The maximum Gasteiger partial charge on any atom is 0.0667 e. The molecular formula is C20H32O. The van der Waals surface area contributed by atoms with Crippen LogP contribution in [0.3, 0.4) is 0 Å². The van der Waals surface area contributed by atoms with Gasteiger partial charge in [0.05, 0.1) is 6.10 Å². The number of fused-ring (bicyclic) bond motifs is 3. The summed E-state index contributed by atoms with van der Waals surface area (Å²) in [5.74, 6) is 2.00. The average Bonchev–Trinajstić information content (AvgIpc) is 2.55. The fourth-order valence-electron chi connectivity index (χ4n) is 7.72. The van der Waals surface area contributed by atoms with Gasteiger partial charge in [-0.2, -0.15) is 0 Å². The van der Waals surface area contributed by atoms with Crippen LogP contribution in [0.15, 0.2) is 12.2 Å². The minimum Gasteiger partial charge on any atom is -0.392 e. The van der Waals surface area contributed by atoms with Crippen molar-refractivity contribution in [3.05, 3.63) is 12.2 Å². The molecule has 2 bridgehead atoms. The van der Waals surface area contributed by atoms with Crippen LogP contribution in [0.2, 0.25) is 0 Å². The molecule has 0 saturated heterocycles. The monoisotopic (exact) mass is 288 g/mol. The van der Waals surface area contributed by atoms with Crippen LogP contribution in [0.1, 0.15) is 72.1 Å². The van der Waals surface area contributed by atoms with E-state index in [0.717, 1.165) is 18.3 Å². The van der Waals surface area contributed by atoms with E-state index in [1.54, 1.807) is 0 Å². The summed E-state index contributed by atoms with van der Waals surface area (Å²) < 4.78 is 0. The van der Waals surface area contributed by atoms with Gasteiger partial charge in [0.25, 0.3) is 0 Å². The molecule has 4 rings (SSSR count). The zero-order valence-corrected chi connectivity index (χ0v) is 14.1. The van der Waals surface area contributed by atoms with Crippen molar-refractivity contribution in [3.8, 4) is 0 Å².